The molecule has 2 aromatic heterocycles. The number of hydrogen-bond acceptors (Lipinski definition) is 5. The molecule has 1 fully saturated rings. The van der Waals surface area contributed by atoms with Crippen LogP contribution in [-0.2, 0) is 22.6 Å². The Morgan fingerprint density at radius 2 is 1.94 bits per heavy atom. The minimum absolute atomic E-state index is 0.248. The predicted molar refractivity (Wildman–Crippen MR) is 121 cm³/mol. The van der Waals surface area contributed by atoms with Crippen LogP contribution < -0.4 is 5.32 Å². The number of aromatic nitrogens is 4. The zero-order valence-corrected chi connectivity index (χ0v) is 18.8. The number of benzene rings is 2. The van der Waals surface area contributed by atoms with E-state index in [0.29, 0.717) is 22.2 Å². The van der Waals surface area contributed by atoms with Crippen LogP contribution in [0.15, 0.2) is 36.7 Å². The molecular weight excluding hydrogens is 429 g/mol. The highest BCUT2D eigenvalue weighted by Crippen LogP contribution is 2.55. The maximum absolute atomic E-state index is 15.6. The molecule has 0 bridgehead atoms. The Bertz CT molecular complexity index is 1550. The molecule has 3 heterocycles. The predicted octanol–water partition coefficient (Wildman–Crippen LogP) is 4.16. The number of nitrogens with one attached hydrogen (secondary N) is 1. The summed E-state index contributed by atoms with van der Waals surface area (Å²) < 4.78 is 42.7. The summed E-state index contributed by atoms with van der Waals surface area (Å²) in [6.07, 6.45) is 7.54. The quantitative estimate of drug-likeness (QED) is 0.495. The zero-order valence-electron chi connectivity index (χ0n) is 18.0. The average Bonchev–Trinajstić information content (AvgIpc) is 3.32. The second-order valence-corrected chi connectivity index (χ2v) is 10.7. The first-order chi connectivity index (χ1) is 15.2. The smallest absolute Gasteiger partial charge is 0.251 e. The molecule has 0 atom stereocenters. The minimum atomic E-state index is -3.56. The van der Waals surface area contributed by atoms with Crippen molar-refractivity contribution in [1.82, 2.24) is 19.0 Å². The van der Waals surface area contributed by atoms with Gasteiger partial charge in [-0.25, -0.2) is 12.8 Å². The van der Waals surface area contributed by atoms with Gasteiger partial charge in [-0.1, -0.05) is 12.1 Å². The molecule has 1 aliphatic carbocycles. The summed E-state index contributed by atoms with van der Waals surface area (Å²) in [5.74, 6) is -0.328. The topological polar surface area (TPSA) is 81.8 Å². The number of rotatable bonds is 2. The van der Waals surface area contributed by atoms with Crippen LogP contribution in [0.5, 0.6) is 0 Å². The Balaban J connectivity index is 1.64. The first-order valence-corrected chi connectivity index (χ1v) is 12.4. The fourth-order valence-electron chi connectivity index (χ4n) is 5.29. The first kappa shape index (κ1) is 19.5. The molecule has 1 saturated carbocycles. The monoisotopic (exact) mass is 451 g/mol. The van der Waals surface area contributed by atoms with Crippen LogP contribution >= 0.6 is 0 Å². The van der Waals surface area contributed by atoms with Gasteiger partial charge in [-0.05, 0) is 55.0 Å². The number of halogens is 1. The Morgan fingerprint density at radius 1 is 1.16 bits per heavy atom. The number of anilines is 1. The van der Waals surface area contributed by atoms with Crippen molar-refractivity contribution in [2.24, 2.45) is 7.05 Å². The molecular formula is C23H22FN5O2S. The molecule has 0 saturated heterocycles. The second kappa shape index (κ2) is 6.19. The molecule has 0 radical (unpaired) electrons. The van der Waals surface area contributed by atoms with Crippen LogP contribution in [0.4, 0.5) is 10.1 Å². The lowest BCUT2D eigenvalue weighted by Gasteiger charge is -2.47. The van der Waals surface area contributed by atoms with E-state index in [0.717, 1.165) is 57.6 Å². The van der Waals surface area contributed by atoms with Gasteiger partial charge in [0.2, 0.25) is 0 Å². The van der Waals surface area contributed by atoms with Crippen molar-refractivity contribution in [3.05, 3.63) is 53.6 Å². The summed E-state index contributed by atoms with van der Waals surface area (Å²) in [5.41, 5.74) is 5.95. The Hall–Kier alpha value is -3.20. The van der Waals surface area contributed by atoms with Gasteiger partial charge in [0.25, 0.3) is 10.0 Å². The van der Waals surface area contributed by atoms with E-state index < -0.39 is 10.0 Å². The van der Waals surface area contributed by atoms with E-state index in [2.05, 4.69) is 15.5 Å². The van der Waals surface area contributed by atoms with Crippen LogP contribution in [0, 0.1) is 12.7 Å². The standard InChI is InChI=1S/C23H22FN5O2S/c1-13-15(14-6-4-7-19-16(14)11-26-29(19)32(3,30)31)10-18(24)21-20(13)22-17(12-25-28(22)2)23(27-21)8-5-9-23/h4,6-7,10-12,27H,5,8-9H2,1-3H3. The molecule has 1 spiro atoms. The number of hydrogen-bond donors (Lipinski definition) is 1. The highest BCUT2D eigenvalue weighted by atomic mass is 32.2. The Morgan fingerprint density at radius 3 is 2.62 bits per heavy atom. The lowest BCUT2D eigenvalue weighted by Crippen LogP contribution is -2.44. The lowest BCUT2D eigenvalue weighted by atomic mass is 9.68. The summed E-state index contributed by atoms with van der Waals surface area (Å²) in [5, 5.41) is 12.7. The van der Waals surface area contributed by atoms with E-state index in [1.807, 2.05) is 30.9 Å². The molecule has 164 valence electrons. The Labute approximate surface area is 184 Å². The van der Waals surface area contributed by atoms with Crippen molar-refractivity contribution in [3.8, 4) is 22.4 Å². The molecule has 1 aliphatic heterocycles. The van der Waals surface area contributed by atoms with Crippen molar-refractivity contribution in [3.63, 3.8) is 0 Å². The zero-order chi connectivity index (χ0) is 22.4. The van der Waals surface area contributed by atoms with Gasteiger partial charge in [0.15, 0.2) is 0 Å². The van der Waals surface area contributed by atoms with Crippen molar-refractivity contribution < 1.29 is 12.8 Å². The number of fused-ring (bicyclic) bond motifs is 5. The van der Waals surface area contributed by atoms with Gasteiger partial charge >= 0.3 is 0 Å². The number of nitrogens with zero attached hydrogens (tertiary/aromatic N) is 4. The van der Waals surface area contributed by atoms with Crippen LogP contribution in [0.1, 0.15) is 30.4 Å². The normalized spacial score (nSPS) is 16.5. The fourth-order valence-corrected chi connectivity index (χ4v) is 6.02. The van der Waals surface area contributed by atoms with Gasteiger partial charge in [0, 0.05) is 23.6 Å². The van der Waals surface area contributed by atoms with Crippen LogP contribution in [-0.4, -0.2) is 33.6 Å². The maximum Gasteiger partial charge on any atom is 0.251 e. The largest absolute Gasteiger partial charge is 0.372 e. The van der Waals surface area contributed by atoms with E-state index >= 15 is 4.39 Å². The van der Waals surface area contributed by atoms with E-state index in [1.165, 1.54) is 6.20 Å². The van der Waals surface area contributed by atoms with Crippen molar-refractivity contribution in [2.75, 3.05) is 11.6 Å². The molecule has 0 amide bonds. The van der Waals surface area contributed by atoms with Crippen LogP contribution in [0.25, 0.3) is 33.3 Å². The van der Waals surface area contributed by atoms with E-state index in [9.17, 15) is 8.42 Å². The highest BCUT2D eigenvalue weighted by Gasteiger charge is 2.46. The summed E-state index contributed by atoms with van der Waals surface area (Å²) in [4.78, 5) is 0. The molecule has 2 aliphatic rings. The van der Waals surface area contributed by atoms with E-state index in [4.69, 9.17) is 0 Å². The second-order valence-electron chi connectivity index (χ2n) is 8.86. The number of aryl methyl sites for hydroxylation is 1. The minimum Gasteiger partial charge on any atom is -0.372 e. The van der Waals surface area contributed by atoms with Gasteiger partial charge in [0.05, 0.1) is 41.1 Å². The van der Waals surface area contributed by atoms with Crippen molar-refractivity contribution >= 4 is 26.6 Å². The molecule has 7 nitrogen and oxygen atoms in total. The first-order valence-electron chi connectivity index (χ1n) is 10.5. The lowest BCUT2D eigenvalue weighted by molar-refractivity contribution is 0.282. The third-order valence-corrected chi connectivity index (χ3v) is 7.91. The third-order valence-electron chi connectivity index (χ3n) is 6.99. The van der Waals surface area contributed by atoms with Gasteiger partial charge in [0.1, 0.15) is 5.82 Å². The summed E-state index contributed by atoms with van der Waals surface area (Å²) in [6.45, 7) is 1.98. The van der Waals surface area contributed by atoms with E-state index in [1.54, 1.807) is 18.2 Å². The van der Waals surface area contributed by atoms with E-state index in [-0.39, 0.29) is 11.4 Å². The summed E-state index contributed by atoms with van der Waals surface area (Å²) >= 11 is 0. The fraction of sp³-hybridized carbons (Fsp3) is 0.304. The highest BCUT2D eigenvalue weighted by molar-refractivity contribution is 7.89. The van der Waals surface area contributed by atoms with Crippen LogP contribution in [0.2, 0.25) is 0 Å². The third kappa shape index (κ3) is 2.42. The molecule has 9 heteroatoms. The maximum atomic E-state index is 15.6. The van der Waals surface area contributed by atoms with Gasteiger partial charge in [-0.2, -0.15) is 14.3 Å². The van der Waals surface area contributed by atoms with Gasteiger partial charge in [-0.3, -0.25) is 4.68 Å². The Kier molecular flexibility index (Phi) is 3.77. The summed E-state index contributed by atoms with van der Waals surface area (Å²) in [6, 6.07) is 6.90. The molecule has 0 unspecified atom stereocenters. The molecule has 4 aromatic rings. The van der Waals surface area contributed by atoms with Gasteiger partial charge in [-0.15, -0.1) is 0 Å². The van der Waals surface area contributed by atoms with Crippen molar-refractivity contribution in [1.29, 1.82) is 0 Å². The summed E-state index contributed by atoms with van der Waals surface area (Å²) in [7, 11) is -1.67. The van der Waals surface area contributed by atoms with Gasteiger partial charge < -0.3 is 5.32 Å². The molecule has 2 aromatic carbocycles. The molecule has 32 heavy (non-hydrogen) atoms. The van der Waals surface area contributed by atoms with Crippen LogP contribution in [0.3, 0.4) is 0 Å². The SMILES string of the molecule is Cc1c(-c2cccc3c2cnn3S(C)(=O)=O)cc(F)c2c1-c1c(cnn1C)C1(CCC1)N2. The van der Waals surface area contributed by atoms with Crippen molar-refractivity contribution in [2.45, 2.75) is 31.7 Å². The molecule has 6 rings (SSSR count). The average molecular weight is 452 g/mol. The molecule has 1 N–H and O–H groups in total.